The Morgan fingerprint density at radius 2 is 2.30 bits per heavy atom. The molecule has 0 saturated carbocycles. The van der Waals surface area contributed by atoms with E-state index < -0.39 is 0 Å². The van der Waals surface area contributed by atoms with E-state index in [9.17, 15) is 0 Å². The van der Waals surface area contributed by atoms with Crippen molar-refractivity contribution in [1.29, 1.82) is 0 Å². The summed E-state index contributed by atoms with van der Waals surface area (Å²) < 4.78 is 5.07. The van der Waals surface area contributed by atoms with Gasteiger partial charge in [0.2, 0.25) is 0 Å². The molecule has 0 aliphatic carbocycles. The van der Waals surface area contributed by atoms with Gasteiger partial charge in [-0.15, -0.1) is 0 Å². The van der Waals surface area contributed by atoms with Gasteiger partial charge in [0.25, 0.3) is 0 Å². The van der Waals surface area contributed by atoms with Gasteiger partial charge in [-0.05, 0) is 37.0 Å². The molecule has 1 unspecified atom stereocenters. The SMILES string of the molecule is CCC1CCCN1c1cc(Cl)ccc1CNCCOC. The van der Waals surface area contributed by atoms with Crippen LogP contribution in [0.1, 0.15) is 31.7 Å². The van der Waals surface area contributed by atoms with Gasteiger partial charge in [0, 0.05) is 43.5 Å². The first-order valence-corrected chi connectivity index (χ1v) is 7.88. The molecule has 1 atom stereocenters. The highest BCUT2D eigenvalue weighted by molar-refractivity contribution is 6.30. The van der Waals surface area contributed by atoms with Gasteiger partial charge in [-0.2, -0.15) is 0 Å². The number of ether oxygens (including phenoxy) is 1. The van der Waals surface area contributed by atoms with Gasteiger partial charge in [0.05, 0.1) is 6.61 Å². The molecule has 1 aliphatic heterocycles. The van der Waals surface area contributed by atoms with E-state index in [1.165, 1.54) is 30.5 Å². The molecule has 1 saturated heterocycles. The van der Waals surface area contributed by atoms with Crippen LogP contribution in [0.5, 0.6) is 0 Å². The van der Waals surface area contributed by atoms with Crippen LogP contribution in [-0.2, 0) is 11.3 Å². The molecule has 1 aliphatic rings. The van der Waals surface area contributed by atoms with Gasteiger partial charge < -0.3 is 15.0 Å². The van der Waals surface area contributed by atoms with Crippen molar-refractivity contribution in [3.8, 4) is 0 Å². The summed E-state index contributed by atoms with van der Waals surface area (Å²) in [5, 5.41) is 4.25. The number of hydrogen-bond donors (Lipinski definition) is 1. The standard InChI is InChI=1S/C16H25ClN2O/c1-3-15-5-4-9-19(15)16-11-14(17)7-6-13(16)12-18-8-10-20-2/h6-7,11,15,18H,3-5,8-10,12H2,1-2H3. The number of anilines is 1. The van der Waals surface area contributed by atoms with Crippen molar-refractivity contribution in [2.24, 2.45) is 0 Å². The van der Waals surface area contributed by atoms with Gasteiger partial charge in [0.15, 0.2) is 0 Å². The molecule has 1 heterocycles. The molecule has 0 amide bonds. The van der Waals surface area contributed by atoms with E-state index in [1.807, 2.05) is 6.07 Å². The lowest BCUT2D eigenvalue weighted by molar-refractivity contribution is 0.199. The third-order valence-electron chi connectivity index (χ3n) is 4.00. The number of methoxy groups -OCH3 is 1. The van der Waals surface area contributed by atoms with Crippen LogP contribution in [-0.4, -0.2) is 32.8 Å². The van der Waals surface area contributed by atoms with Gasteiger partial charge in [-0.25, -0.2) is 0 Å². The highest BCUT2D eigenvalue weighted by Gasteiger charge is 2.24. The Morgan fingerprint density at radius 1 is 1.45 bits per heavy atom. The van der Waals surface area contributed by atoms with Crippen molar-refractivity contribution < 1.29 is 4.74 Å². The molecular weight excluding hydrogens is 272 g/mol. The molecule has 4 heteroatoms. The average Bonchev–Trinajstić information content (AvgIpc) is 2.93. The molecule has 1 fully saturated rings. The van der Waals surface area contributed by atoms with Gasteiger partial charge in [-0.1, -0.05) is 24.6 Å². The van der Waals surface area contributed by atoms with Crippen LogP contribution in [0.4, 0.5) is 5.69 Å². The number of halogens is 1. The summed E-state index contributed by atoms with van der Waals surface area (Å²) >= 11 is 6.20. The first-order chi connectivity index (χ1) is 9.76. The highest BCUT2D eigenvalue weighted by Crippen LogP contribution is 2.32. The van der Waals surface area contributed by atoms with Crippen molar-refractivity contribution in [2.45, 2.75) is 38.8 Å². The molecule has 1 aromatic carbocycles. The fraction of sp³-hybridized carbons (Fsp3) is 0.625. The van der Waals surface area contributed by atoms with Crippen molar-refractivity contribution in [3.05, 3.63) is 28.8 Å². The van der Waals surface area contributed by atoms with Crippen LogP contribution in [0.15, 0.2) is 18.2 Å². The number of rotatable bonds is 7. The van der Waals surface area contributed by atoms with Crippen LogP contribution in [0.3, 0.4) is 0 Å². The maximum atomic E-state index is 6.20. The molecule has 1 aromatic rings. The largest absolute Gasteiger partial charge is 0.383 e. The zero-order valence-corrected chi connectivity index (χ0v) is 13.2. The third kappa shape index (κ3) is 3.87. The van der Waals surface area contributed by atoms with Gasteiger partial charge >= 0.3 is 0 Å². The Balaban J connectivity index is 2.11. The molecule has 0 radical (unpaired) electrons. The normalized spacial score (nSPS) is 18.8. The topological polar surface area (TPSA) is 24.5 Å². The number of hydrogen-bond acceptors (Lipinski definition) is 3. The minimum absolute atomic E-state index is 0.659. The molecule has 0 aromatic heterocycles. The van der Waals surface area contributed by atoms with E-state index in [1.54, 1.807) is 7.11 Å². The van der Waals surface area contributed by atoms with E-state index >= 15 is 0 Å². The highest BCUT2D eigenvalue weighted by atomic mass is 35.5. The fourth-order valence-corrected chi connectivity index (χ4v) is 3.09. The Morgan fingerprint density at radius 3 is 3.05 bits per heavy atom. The van der Waals surface area contributed by atoms with E-state index in [4.69, 9.17) is 16.3 Å². The van der Waals surface area contributed by atoms with E-state index in [0.717, 1.165) is 31.3 Å². The summed E-state index contributed by atoms with van der Waals surface area (Å²) in [7, 11) is 1.73. The van der Waals surface area contributed by atoms with Crippen LogP contribution < -0.4 is 10.2 Å². The summed E-state index contributed by atoms with van der Waals surface area (Å²) in [6.45, 7) is 5.89. The van der Waals surface area contributed by atoms with Crippen LogP contribution in [0.2, 0.25) is 5.02 Å². The number of nitrogens with zero attached hydrogens (tertiary/aromatic N) is 1. The third-order valence-corrected chi connectivity index (χ3v) is 4.24. The maximum Gasteiger partial charge on any atom is 0.0587 e. The van der Waals surface area contributed by atoms with E-state index in [2.05, 4.69) is 29.3 Å². The number of benzene rings is 1. The van der Waals surface area contributed by atoms with Crippen molar-refractivity contribution in [1.82, 2.24) is 5.32 Å². The smallest absolute Gasteiger partial charge is 0.0587 e. The van der Waals surface area contributed by atoms with Crippen molar-refractivity contribution in [2.75, 3.05) is 31.7 Å². The molecular formula is C16H25ClN2O. The minimum atomic E-state index is 0.659. The molecule has 112 valence electrons. The summed E-state index contributed by atoms with van der Waals surface area (Å²) in [6, 6.07) is 6.90. The van der Waals surface area contributed by atoms with Gasteiger partial charge in [-0.3, -0.25) is 0 Å². The Kier molecular flexibility index (Phi) is 6.14. The first kappa shape index (κ1) is 15.6. The predicted molar refractivity (Wildman–Crippen MR) is 85.7 cm³/mol. The Labute approximate surface area is 127 Å². The van der Waals surface area contributed by atoms with Crippen molar-refractivity contribution >= 4 is 17.3 Å². The van der Waals surface area contributed by atoms with E-state index in [0.29, 0.717) is 6.04 Å². The summed E-state index contributed by atoms with van der Waals surface area (Å²) in [5.41, 5.74) is 2.62. The zero-order chi connectivity index (χ0) is 14.4. The van der Waals surface area contributed by atoms with E-state index in [-0.39, 0.29) is 0 Å². The predicted octanol–water partition coefficient (Wildman–Crippen LogP) is 3.45. The monoisotopic (exact) mass is 296 g/mol. The first-order valence-electron chi connectivity index (χ1n) is 7.51. The summed E-state index contributed by atoms with van der Waals surface area (Å²) in [5.74, 6) is 0. The van der Waals surface area contributed by atoms with Crippen molar-refractivity contribution in [3.63, 3.8) is 0 Å². The second-order valence-electron chi connectivity index (χ2n) is 5.34. The lowest BCUT2D eigenvalue weighted by atomic mass is 10.1. The lowest BCUT2D eigenvalue weighted by Gasteiger charge is -2.28. The summed E-state index contributed by atoms with van der Waals surface area (Å²) in [6.07, 6.45) is 3.77. The second kappa shape index (κ2) is 7.87. The Bertz CT molecular complexity index is 425. The molecule has 0 spiro atoms. The van der Waals surface area contributed by atoms with Gasteiger partial charge in [0.1, 0.15) is 0 Å². The Hall–Kier alpha value is -0.770. The summed E-state index contributed by atoms with van der Waals surface area (Å²) in [4.78, 5) is 2.53. The quantitative estimate of drug-likeness (QED) is 0.780. The van der Waals surface area contributed by atoms with Crippen LogP contribution in [0, 0.1) is 0 Å². The second-order valence-corrected chi connectivity index (χ2v) is 5.78. The molecule has 20 heavy (non-hydrogen) atoms. The fourth-order valence-electron chi connectivity index (χ4n) is 2.93. The molecule has 2 rings (SSSR count). The molecule has 0 bridgehead atoms. The minimum Gasteiger partial charge on any atom is -0.383 e. The maximum absolute atomic E-state index is 6.20. The van der Waals surface area contributed by atoms with Crippen LogP contribution >= 0.6 is 11.6 Å². The zero-order valence-electron chi connectivity index (χ0n) is 12.5. The molecule has 3 nitrogen and oxygen atoms in total. The number of nitrogens with one attached hydrogen (secondary N) is 1. The van der Waals surface area contributed by atoms with Crippen LogP contribution in [0.25, 0.3) is 0 Å². The average molecular weight is 297 g/mol. The lowest BCUT2D eigenvalue weighted by Crippen LogP contribution is -2.30. The molecule has 1 N–H and O–H groups in total.